The van der Waals surface area contributed by atoms with Gasteiger partial charge in [-0.25, -0.2) is 4.79 Å². The zero-order valence-electron chi connectivity index (χ0n) is 13.3. The van der Waals surface area contributed by atoms with Crippen LogP contribution in [0.3, 0.4) is 0 Å². The molecule has 0 unspecified atom stereocenters. The van der Waals surface area contributed by atoms with Crippen molar-refractivity contribution < 1.29 is 9.53 Å². The van der Waals surface area contributed by atoms with Crippen LogP contribution in [0.4, 0.5) is 4.79 Å². The van der Waals surface area contributed by atoms with E-state index in [1.54, 1.807) is 6.20 Å². The minimum Gasteiger partial charge on any atom is -0.374 e. The number of nitrogens with zero attached hydrogens (tertiary/aromatic N) is 2. The van der Waals surface area contributed by atoms with Crippen LogP contribution in [0.25, 0.3) is 10.9 Å². The Kier molecular flexibility index (Phi) is 5.05. The molecule has 0 aliphatic carbocycles. The van der Waals surface area contributed by atoms with Crippen LogP contribution in [0.2, 0.25) is 0 Å². The van der Waals surface area contributed by atoms with E-state index < -0.39 is 0 Å². The van der Waals surface area contributed by atoms with Crippen molar-refractivity contribution in [2.75, 3.05) is 33.3 Å². The number of fused-ring (bicyclic) bond motifs is 1. The van der Waals surface area contributed by atoms with E-state index in [9.17, 15) is 4.79 Å². The number of likely N-dealkylation sites (N-methyl/N-ethyl adjacent to an activating group) is 1. The lowest BCUT2D eigenvalue weighted by atomic mass is 10.1. The number of rotatable bonds is 4. The number of morpholine rings is 1. The van der Waals surface area contributed by atoms with Crippen molar-refractivity contribution in [1.82, 2.24) is 20.5 Å². The summed E-state index contributed by atoms with van der Waals surface area (Å²) in [5.74, 6) is 0. The van der Waals surface area contributed by atoms with E-state index in [2.05, 4.69) is 27.6 Å². The Hall–Kier alpha value is -2.18. The van der Waals surface area contributed by atoms with E-state index in [4.69, 9.17) is 4.74 Å². The molecular weight excluding hydrogens is 292 g/mol. The van der Waals surface area contributed by atoms with E-state index in [1.165, 1.54) is 0 Å². The van der Waals surface area contributed by atoms with Gasteiger partial charge in [0.25, 0.3) is 0 Å². The fraction of sp³-hybridized carbons (Fsp3) is 0.412. The van der Waals surface area contributed by atoms with Gasteiger partial charge in [0, 0.05) is 37.8 Å². The highest BCUT2D eigenvalue weighted by Gasteiger charge is 2.17. The van der Waals surface area contributed by atoms with E-state index in [1.807, 2.05) is 30.3 Å². The molecule has 122 valence electrons. The Balaban J connectivity index is 1.46. The van der Waals surface area contributed by atoms with Crippen LogP contribution in [0.15, 0.2) is 36.5 Å². The minimum absolute atomic E-state index is 0.0613. The van der Waals surface area contributed by atoms with Crippen LogP contribution in [-0.4, -0.2) is 55.3 Å². The van der Waals surface area contributed by atoms with Gasteiger partial charge in [-0.1, -0.05) is 12.1 Å². The number of ether oxygens (including phenoxy) is 1. The molecule has 1 aromatic carbocycles. The summed E-state index contributed by atoms with van der Waals surface area (Å²) in [6, 6.07) is 9.75. The third-order valence-corrected chi connectivity index (χ3v) is 3.95. The number of hydrogen-bond donors (Lipinski definition) is 2. The Morgan fingerprint density at radius 2 is 2.30 bits per heavy atom. The average Bonchev–Trinajstić information content (AvgIpc) is 2.58. The van der Waals surface area contributed by atoms with Crippen molar-refractivity contribution in [3.05, 3.63) is 42.1 Å². The second-order valence-corrected chi connectivity index (χ2v) is 5.85. The number of benzene rings is 1. The van der Waals surface area contributed by atoms with Gasteiger partial charge >= 0.3 is 6.03 Å². The Bertz CT molecular complexity index is 676. The quantitative estimate of drug-likeness (QED) is 0.894. The maximum Gasteiger partial charge on any atom is 0.315 e. The summed E-state index contributed by atoms with van der Waals surface area (Å²) in [4.78, 5) is 18.4. The standard InChI is InChI=1S/C17H22N4O2/c1-21-7-8-23-15(12-21)11-20-17(22)19-10-13-4-5-16-14(9-13)3-2-6-18-16/h2-6,9,15H,7-8,10-12H2,1H3,(H2,19,20,22)/t15-/m0/s1. The summed E-state index contributed by atoms with van der Waals surface area (Å²) in [7, 11) is 2.06. The molecule has 0 spiro atoms. The number of carbonyl (C=O) groups is 1. The zero-order chi connectivity index (χ0) is 16.1. The molecule has 1 atom stereocenters. The highest BCUT2D eigenvalue weighted by molar-refractivity contribution is 5.79. The van der Waals surface area contributed by atoms with Crippen LogP contribution in [0, 0.1) is 0 Å². The van der Waals surface area contributed by atoms with Gasteiger partial charge in [-0.05, 0) is 30.8 Å². The number of nitrogens with one attached hydrogen (secondary N) is 2. The summed E-state index contributed by atoms with van der Waals surface area (Å²) in [6.45, 7) is 3.52. The van der Waals surface area contributed by atoms with Gasteiger partial charge in [0.15, 0.2) is 0 Å². The SMILES string of the molecule is CN1CCO[C@@H](CNC(=O)NCc2ccc3ncccc3c2)C1. The first-order chi connectivity index (χ1) is 11.2. The van der Waals surface area contributed by atoms with E-state index in [0.717, 1.165) is 36.2 Å². The van der Waals surface area contributed by atoms with Gasteiger partial charge in [0.05, 0.1) is 18.2 Å². The lowest BCUT2D eigenvalue weighted by Gasteiger charge is -2.30. The monoisotopic (exact) mass is 314 g/mol. The van der Waals surface area contributed by atoms with Crippen molar-refractivity contribution in [3.8, 4) is 0 Å². The fourth-order valence-electron chi connectivity index (χ4n) is 2.68. The van der Waals surface area contributed by atoms with Crippen LogP contribution in [-0.2, 0) is 11.3 Å². The molecule has 1 aliphatic heterocycles. The number of hydrogen-bond acceptors (Lipinski definition) is 4. The number of aromatic nitrogens is 1. The third kappa shape index (κ3) is 4.40. The first-order valence-corrected chi connectivity index (χ1v) is 7.86. The smallest absolute Gasteiger partial charge is 0.315 e. The molecule has 0 saturated carbocycles. The predicted molar refractivity (Wildman–Crippen MR) is 89.2 cm³/mol. The highest BCUT2D eigenvalue weighted by atomic mass is 16.5. The largest absolute Gasteiger partial charge is 0.374 e. The topological polar surface area (TPSA) is 66.5 Å². The third-order valence-electron chi connectivity index (χ3n) is 3.95. The van der Waals surface area contributed by atoms with Crippen molar-refractivity contribution >= 4 is 16.9 Å². The molecule has 0 bridgehead atoms. The normalized spacial score (nSPS) is 18.7. The second-order valence-electron chi connectivity index (χ2n) is 5.85. The fourth-order valence-corrected chi connectivity index (χ4v) is 2.68. The van der Waals surface area contributed by atoms with Crippen molar-refractivity contribution in [2.45, 2.75) is 12.6 Å². The van der Waals surface area contributed by atoms with Crippen molar-refractivity contribution in [3.63, 3.8) is 0 Å². The number of amides is 2. The van der Waals surface area contributed by atoms with Crippen molar-refractivity contribution in [2.24, 2.45) is 0 Å². The zero-order valence-corrected chi connectivity index (χ0v) is 13.3. The first kappa shape index (κ1) is 15.7. The van der Waals surface area contributed by atoms with Gasteiger partial charge in [0.2, 0.25) is 0 Å². The molecule has 2 heterocycles. The van der Waals surface area contributed by atoms with Gasteiger partial charge in [-0.3, -0.25) is 4.98 Å². The molecule has 1 saturated heterocycles. The molecule has 1 fully saturated rings. The number of carbonyl (C=O) groups excluding carboxylic acids is 1. The molecule has 0 radical (unpaired) electrons. The first-order valence-electron chi connectivity index (χ1n) is 7.86. The molecule has 6 heteroatoms. The molecule has 3 rings (SSSR count). The number of urea groups is 1. The summed E-state index contributed by atoms with van der Waals surface area (Å²) < 4.78 is 5.62. The molecule has 2 aromatic rings. The summed E-state index contributed by atoms with van der Waals surface area (Å²) >= 11 is 0. The Labute approximate surface area is 135 Å². The van der Waals surface area contributed by atoms with E-state index >= 15 is 0 Å². The molecular formula is C17H22N4O2. The molecule has 1 aromatic heterocycles. The molecule has 23 heavy (non-hydrogen) atoms. The van der Waals surface area contributed by atoms with Gasteiger partial charge in [-0.15, -0.1) is 0 Å². The van der Waals surface area contributed by atoms with Crippen LogP contribution < -0.4 is 10.6 Å². The lowest BCUT2D eigenvalue weighted by Crippen LogP contribution is -2.47. The highest BCUT2D eigenvalue weighted by Crippen LogP contribution is 2.13. The van der Waals surface area contributed by atoms with Crippen LogP contribution in [0.5, 0.6) is 0 Å². The van der Waals surface area contributed by atoms with Gasteiger partial charge in [-0.2, -0.15) is 0 Å². The van der Waals surface area contributed by atoms with Crippen LogP contribution >= 0.6 is 0 Å². The predicted octanol–water partition coefficient (Wildman–Crippen LogP) is 1.36. The molecule has 2 N–H and O–H groups in total. The molecule has 1 aliphatic rings. The maximum atomic E-state index is 11.9. The van der Waals surface area contributed by atoms with E-state index in [0.29, 0.717) is 13.1 Å². The van der Waals surface area contributed by atoms with Gasteiger partial charge in [0.1, 0.15) is 0 Å². The number of pyridine rings is 1. The molecule has 6 nitrogen and oxygen atoms in total. The summed E-state index contributed by atoms with van der Waals surface area (Å²) in [6.07, 6.45) is 1.84. The second kappa shape index (κ2) is 7.39. The van der Waals surface area contributed by atoms with Gasteiger partial charge < -0.3 is 20.3 Å². The Morgan fingerprint density at radius 1 is 1.39 bits per heavy atom. The van der Waals surface area contributed by atoms with Crippen molar-refractivity contribution in [1.29, 1.82) is 0 Å². The minimum atomic E-state index is -0.173. The van der Waals surface area contributed by atoms with E-state index in [-0.39, 0.29) is 12.1 Å². The summed E-state index contributed by atoms with van der Waals surface area (Å²) in [5, 5.41) is 6.82. The van der Waals surface area contributed by atoms with Crippen LogP contribution in [0.1, 0.15) is 5.56 Å². The average molecular weight is 314 g/mol. The maximum absolute atomic E-state index is 11.9. The lowest BCUT2D eigenvalue weighted by molar-refractivity contribution is -0.0167. The molecule has 2 amide bonds. The Morgan fingerprint density at radius 3 is 3.17 bits per heavy atom. The summed E-state index contributed by atoms with van der Waals surface area (Å²) in [5.41, 5.74) is 2.01.